The molecule has 3 heterocycles. The minimum Gasteiger partial charge on any atom is -0.507 e. The Kier molecular flexibility index (Phi) is 5.78. The zero-order valence-electron chi connectivity index (χ0n) is 16.8. The van der Waals surface area contributed by atoms with E-state index in [0.717, 1.165) is 4.88 Å². The number of ether oxygens (including phenoxy) is 3. The number of likely N-dealkylation sites (tertiary alicyclic amines) is 1. The fourth-order valence-electron chi connectivity index (χ4n) is 3.59. The Hall–Kier alpha value is -2.84. The molecule has 1 unspecified atom stereocenters. The van der Waals surface area contributed by atoms with Gasteiger partial charge in [0.05, 0.1) is 24.3 Å². The molecule has 2 aromatic rings. The minimum absolute atomic E-state index is 0.0136. The van der Waals surface area contributed by atoms with Gasteiger partial charge in [-0.15, -0.1) is 11.3 Å². The molecule has 8 heteroatoms. The standard InChI is InChI=1S/C22H23NO6S/c1-13(2)27-8-7-23-19(17-4-3-11-30-17)18(21(25)22(23)26)20(24)14-5-6-15-16(12-14)29-10-9-28-15/h3-6,11-13,19,24H,7-10H2,1-2H3/b20-18-. The first kappa shape index (κ1) is 20.4. The van der Waals surface area contributed by atoms with Crippen LogP contribution in [-0.4, -0.2) is 54.2 Å². The molecule has 1 aromatic carbocycles. The molecule has 2 aliphatic heterocycles. The summed E-state index contributed by atoms with van der Waals surface area (Å²) >= 11 is 1.43. The Morgan fingerprint density at radius 1 is 1.23 bits per heavy atom. The van der Waals surface area contributed by atoms with Crippen LogP contribution >= 0.6 is 11.3 Å². The topological polar surface area (TPSA) is 85.3 Å². The van der Waals surface area contributed by atoms with Crippen LogP contribution in [0.4, 0.5) is 0 Å². The van der Waals surface area contributed by atoms with Crippen molar-refractivity contribution < 1.29 is 28.9 Å². The number of rotatable bonds is 6. The molecule has 30 heavy (non-hydrogen) atoms. The van der Waals surface area contributed by atoms with E-state index in [-0.39, 0.29) is 24.0 Å². The van der Waals surface area contributed by atoms with Crippen LogP contribution in [0.3, 0.4) is 0 Å². The highest BCUT2D eigenvalue weighted by molar-refractivity contribution is 7.10. The van der Waals surface area contributed by atoms with Crippen molar-refractivity contribution in [3.63, 3.8) is 0 Å². The number of carbonyl (C=O) groups excluding carboxylic acids is 2. The second kappa shape index (κ2) is 8.49. The summed E-state index contributed by atoms with van der Waals surface area (Å²) in [7, 11) is 0. The Balaban J connectivity index is 1.74. The average Bonchev–Trinajstić information content (AvgIpc) is 3.35. The van der Waals surface area contributed by atoms with E-state index in [9.17, 15) is 14.7 Å². The summed E-state index contributed by atoms with van der Waals surface area (Å²) in [6.45, 7) is 5.24. The molecule has 0 spiro atoms. The molecule has 1 amide bonds. The second-order valence-electron chi connectivity index (χ2n) is 7.29. The van der Waals surface area contributed by atoms with Gasteiger partial charge in [-0.2, -0.15) is 0 Å². The summed E-state index contributed by atoms with van der Waals surface area (Å²) < 4.78 is 16.7. The van der Waals surface area contributed by atoms with Crippen LogP contribution in [0, 0.1) is 0 Å². The molecular weight excluding hydrogens is 406 g/mol. The summed E-state index contributed by atoms with van der Waals surface area (Å²) in [5, 5.41) is 12.9. The first-order chi connectivity index (χ1) is 14.5. The van der Waals surface area contributed by atoms with Crippen LogP contribution in [0.1, 0.15) is 30.3 Å². The third kappa shape index (κ3) is 3.80. The fraction of sp³-hybridized carbons (Fsp3) is 0.364. The van der Waals surface area contributed by atoms with Gasteiger partial charge in [0.15, 0.2) is 11.5 Å². The maximum absolute atomic E-state index is 12.9. The molecule has 0 aliphatic carbocycles. The smallest absolute Gasteiger partial charge is 0.295 e. The third-order valence-electron chi connectivity index (χ3n) is 4.95. The van der Waals surface area contributed by atoms with Gasteiger partial charge in [0, 0.05) is 17.0 Å². The van der Waals surface area contributed by atoms with Crippen molar-refractivity contribution in [3.05, 3.63) is 51.7 Å². The van der Waals surface area contributed by atoms with Gasteiger partial charge in [-0.1, -0.05) is 6.07 Å². The van der Waals surface area contributed by atoms with Crippen molar-refractivity contribution in [1.82, 2.24) is 4.90 Å². The number of thiophene rings is 1. The van der Waals surface area contributed by atoms with E-state index in [1.54, 1.807) is 18.2 Å². The number of benzene rings is 1. The Morgan fingerprint density at radius 3 is 2.70 bits per heavy atom. The maximum Gasteiger partial charge on any atom is 0.295 e. The number of carbonyl (C=O) groups is 2. The number of Topliss-reactive ketones (excluding diaryl/α,β-unsaturated/α-hetero) is 1. The maximum atomic E-state index is 12.9. The predicted molar refractivity (Wildman–Crippen MR) is 112 cm³/mol. The number of amides is 1. The van der Waals surface area contributed by atoms with E-state index in [1.165, 1.54) is 16.2 Å². The Bertz CT molecular complexity index is 982. The summed E-state index contributed by atoms with van der Waals surface area (Å²) in [4.78, 5) is 28.0. The van der Waals surface area contributed by atoms with Crippen molar-refractivity contribution in [1.29, 1.82) is 0 Å². The van der Waals surface area contributed by atoms with Crippen LogP contribution < -0.4 is 9.47 Å². The lowest BCUT2D eigenvalue weighted by atomic mass is 9.99. The van der Waals surface area contributed by atoms with Crippen molar-refractivity contribution in [2.24, 2.45) is 0 Å². The van der Waals surface area contributed by atoms with E-state index in [1.807, 2.05) is 31.4 Å². The van der Waals surface area contributed by atoms with Gasteiger partial charge in [-0.05, 0) is 43.5 Å². The van der Waals surface area contributed by atoms with Crippen LogP contribution in [0.2, 0.25) is 0 Å². The number of ketones is 1. The highest BCUT2D eigenvalue weighted by atomic mass is 32.1. The van der Waals surface area contributed by atoms with E-state index < -0.39 is 17.7 Å². The average molecular weight is 429 g/mol. The molecule has 1 fully saturated rings. The first-order valence-electron chi connectivity index (χ1n) is 9.81. The van der Waals surface area contributed by atoms with E-state index in [0.29, 0.717) is 36.9 Å². The van der Waals surface area contributed by atoms with Gasteiger partial charge in [0.1, 0.15) is 19.0 Å². The van der Waals surface area contributed by atoms with Gasteiger partial charge in [0.2, 0.25) is 0 Å². The summed E-state index contributed by atoms with van der Waals surface area (Å²) in [5.41, 5.74) is 0.473. The van der Waals surface area contributed by atoms with Crippen LogP contribution in [0.5, 0.6) is 11.5 Å². The molecule has 0 saturated carbocycles. The molecule has 2 aliphatic rings. The molecule has 1 N–H and O–H groups in total. The van der Waals surface area contributed by atoms with Crippen molar-refractivity contribution in [3.8, 4) is 11.5 Å². The van der Waals surface area contributed by atoms with Crippen molar-refractivity contribution in [2.45, 2.75) is 26.0 Å². The van der Waals surface area contributed by atoms with Crippen LogP contribution in [-0.2, 0) is 14.3 Å². The molecule has 1 atom stereocenters. The van der Waals surface area contributed by atoms with Gasteiger partial charge in [-0.25, -0.2) is 0 Å². The molecular formula is C22H23NO6S. The summed E-state index contributed by atoms with van der Waals surface area (Å²) in [5.74, 6) is -0.488. The van der Waals surface area contributed by atoms with Crippen molar-refractivity contribution >= 4 is 28.8 Å². The quantitative estimate of drug-likeness (QED) is 0.431. The highest BCUT2D eigenvalue weighted by Gasteiger charge is 2.46. The number of hydrogen-bond donors (Lipinski definition) is 1. The SMILES string of the molecule is CC(C)OCCN1C(=O)C(=O)/C(=C(\O)c2ccc3c(c2)OCCO3)C1c1cccs1. The Labute approximate surface area is 178 Å². The van der Waals surface area contributed by atoms with Crippen molar-refractivity contribution in [2.75, 3.05) is 26.4 Å². The monoisotopic (exact) mass is 429 g/mol. The first-order valence-corrected chi connectivity index (χ1v) is 10.7. The lowest BCUT2D eigenvalue weighted by Gasteiger charge is -2.24. The predicted octanol–water partition coefficient (Wildman–Crippen LogP) is 3.37. The number of aliphatic hydroxyl groups is 1. The molecule has 0 radical (unpaired) electrons. The second-order valence-corrected chi connectivity index (χ2v) is 8.27. The lowest BCUT2D eigenvalue weighted by Crippen LogP contribution is -2.33. The molecule has 0 bridgehead atoms. The number of nitrogens with zero attached hydrogens (tertiary/aromatic N) is 1. The van der Waals surface area contributed by atoms with Crippen LogP contribution in [0.15, 0.2) is 41.3 Å². The van der Waals surface area contributed by atoms with Gasteiger partial charge in [-0.3, -0.25) is 9.59 Å². The zero-order valence-corrected chi connectivity index (χ0v) is 17.6. The summed E-state index contributed by atoms with van der Waals surface area (Å²) in [6, 6.07) is 8.03. The zero-order chi connectivity index (χ0) is 21.3. The largest absolute Gasteiger partial charge is 0.507 e. The van der Waals surface area contributed by atoms with Gasteiger partial charge in [0.25, 0.3) is 11.7 Å². The number of aliphatic hydroxyl groups excluding tert-OH is 1. The van der Waals surface area contributed by atoms with E-state index >= 15 is 0 Å². The Morgan fingerprint density at radius 2 is 2.00 bits per heavy atom. The van der Waals surface area contributed by atoms with E-state index in [2.05, 4.69) is 0 Å². The van der Waals surface area contributed by atoms with E-state index in [4.69, 9.17) is 14.2 Å². The molecule has 7 nitrogen and oxygen atoms in total. The molecule has 1 saturated heterocycles. The molecule has 4 rings (SSSR count). The number of hydrogen-bond acceptors (Lipinski definition) is 7. The normalized spacial score (nSPS) is 20.2. The minimum atomic E-state index is -0.703. The van der Waals surface area contributed by atoms with Gasteiger partial charge < -0.3 is 24.2 Å². The third-order valence-corrected chi connectivity index (χ3v) is 5.88. The fourth-order valence-corrected chi connectivity index (χ4v) is 4.43. The lowest BCUT2D eigenvalue weighted by molar-refractivity contribution is -0.140. The molecule has 1 aromatic heterocycles. The summed E-state index contributed by atoms with van der Waals surface area (Å²) in [6.07, 6.45) is 0.0136. The molecule has 158 valence electrons. The van der Waals surface area contributed by atoms with Gasteiger partial charge >= 0.3 is 0 Å². The highest BCUT2D eigenvalue weighted by Crippen LogP contribution is 2.42. The number of fused-ring (bicyclic) bond motifs is 1. The van der Waals surface area contributed by atoms with Crippen LogP contribution in [0.25, 0.3) is 5.76 Å².